The lowest BCUT2D eigenvalue weighted by Gasteiger charge is -2.09. The summed E-state index contributed by atoms with van der Waals surface area (Å²) in [6.45, 7) is 2.00. The van der Waals surface area contributed by atoms with Gasteiger partial charge >= 0.3 is 5.97 Å². The Labute approximate surface area is 166 Å². The largest absolute Gasteiger partial charge is 0.462 e. The van der Waals surface area contributed by atoms with Crippen molar-refractivity contribution in [2.45, 2.75) is 6.92 Å². The van der Waals surface area contributed by atoms with Crippen LogP contribution in [0.4, 0.5) is 10.1 Å². The maximum atomic E-state index is 14.5. The third kappa shape index (κ3) is 4.35. The van der Waals surface area contributed by atoms with Crippen LogP contribution in [0.3, 0.4) is 0 Å². The van der Waals surface area contributed by atoms with E-state index >= 15 is 0 Å². The Morgan fingerprint density at radius 1 is 1.11 bits per heavy atom. The maximum absolute atomic E-state index is 14.5. The number of aromatic nitrogens is 1. The number of pyridine rings is 1. The van der Waals surface area contributed by atoms with E-state index < -0.39 is 17.7 Å². The number of esters is 1. The van der Waals surface area contributed by atoms with E-state index in [-0.39, 0.29) is 17.7 Å². The van der Waals surface area contributed by atoms with Gasteiger partial charge in [0.1, 0.15) is 5.82 Å². The number of halogens is 2. The van der Waals surface area contributed by atoms with Crippen LogP contribution in [0.5, 0.6) is 0 Å². The average Bonchev–Trinajstić information content (AvgIpc) is 2.69. The first-order valence-electron chi connectivity index (χ1n) is 8.48. The molecule has 3 aromatic rings. The smallest absolute Gasteiger partial charge is 0.338 e. The molecule has 0 bridgehead atoms. The Bertz CT molecular complexity index is 1020. The highest BCUT2D eigenvalue weighted by molar-refractivity contribution is 6.33. The number of rotatable bonds is 5. The van der Waals surface area contributed by atoms with Crippen LogP contribution in [0, 0.1) is 5.82 Å². The van der Waals surface area contributed by atoms with Gasteiger partial charge in [-0.05, 0) is 61.5 Å². The van der Waals surface area contributed by atoms with Crippen molar-refractivity contribution in [2.75, 3.05) is 11.9 Å². The molecule has 0 spiro atoms. The third-order valence-corrected chi connectivity index (χ3v) is 4.20. The number of anilines is 1. The van der Waals surface area contributed by atoms with E-state index in [1.54, 1.807) is 43.3 Å². The van der Waals surface area contributed by atoms with Crippen molar-refractivity contribution in [3.05, 3.63) is 82.8 Å². The molecule has 1 amide bonds. The summed E-state index contributed by atoms with van der Waals surface area (Å²) in [5.74, 6) is -1.53. The summed E-state index contributed by atoms with van der Waals surface area (Å²) >= 11 is 6.05. The zero-order valence-electron chi connectivity index (χ0n) is 14.9. The topological polar surface area (TPSA) is 68.3 Å². The van der Waals surface area contributed by atoms with Crippen LogP contribution >= 0.6 is 11.6 Å². The molecule has 0 saturated carbocycles. The number of amides is 1. The normalized spacial score (nSPS) is 10.4. The zero-order chi connectivity index (χ0) is 20.1. The number of nitrogens with one attached hydrogen (secondary N) is 1. The van der Waals surface area contributed by atoms with Gasteiger partial charge in [0.05, 0.1) is 22.9 Å². The highest BCUT2D eigenvalue weighted by Crippen LogP contribution is 2.28. The number of hydrogen-bond donors (Lipinski definition) is 1. The Morgan fingerprint density at radius 3 is 2.46 bits per heavy atom. The zero-order valence-corrected chi connectivity index (χ0v) is 15.7. The molecule has 0 unspecified atom stereocenters. The summed E-state index contributed by atoms with van der Waals surface area (Å²) in [5.41, 5.74) is 1.50. The molecule has 0 radical (unpaired) electrons. The van der Waals surface area contributed by atoms with Crippen LogP contribution in [-0.2, 0) is 4.74 Å². The van der Waals surface area contributed by atoms with Crippen molar-refractivity contribution >= 4 is 29.2 Å². The fraction of sp³-hybridized carbons (Fsp3) is 0.0952. The monoisotopic (exact) mass is 398 g/mol. The summed E-state index contributed by atoms with van der Waals surface area (Å²) in [6, 6.07) is 13.6. The van der Waals surface area contributed by atoms with Gasteiger partial charge in [-0.15, -0.1) is 0 Å². The molecule has 5 nitrogen and oxygen atoms in total. The van der Waals surface area contributed by atoms with Crippen molar-refractivity contribution in [1.82, 2.24) is 4.98 Å². The average molecular weight is 399 g/mol. The Hall–Kier alpha value is -3.25. The molecule has 1 heterocycles. The Kier molecular flexibility index (Phi) is 6.01. The van der Waals surface area contributed by atoms with Crippen molar-refractivity contribution in [2.24, 2.45) is 0 Å². The molecule has 7 heteroatoms. The third-order valence-electron chi connectivity index (χ3n) is 3.90. The number of ether oxygens (including phenoxy) is 1. The van der Waals surface area contributed by atoms with Crippen LogP contribution in [0.1, 0.15) is 27.6 Å². The standard InChI is InChI=1S/C21H16ClFN2O3/c1-2-28-21(27)13-5-8-15(9-6-13)25-20(26)14-7-10-16(18(23)12-14)19-17(22)4-3-11-24-19/h3-12H,2H2,1H3,(H,25,26). The quantitative estimate of drug-likeness (QED) is 0.616. The summed E-state index contributed by atoms with van der Waals surface area (Å²) < 4.78 is 19.4. The Balaban J connectivity index is 1.75. The number of carbonyl (C=O) groups excluding carboxylic acids is 2. The molecule has 3 rings (SSSR count). The minimum atomic E-state index is -0.606. The first-order chi connectivity index (χ1) is 13.5. The summed E-state index contributed by atoms with van der Waals surface area (Å²) in [4.78, 5) is 28.1. The van der Waals surface area contributed by atoms with Crippen molar-refractivity contribution in [1.29, 1.82) is 0 Å². The van der Waals surface area contributed by atoms with Crippen LogP contribution in [0.2, 0.25) is 5.02 Å². The van der Waals surface area contributed by atoms with Gasteiger partial charge in [0.15, 0.2) is 0 Å². The second-order valence-corrected chi connectivity index (χ2v) is 6.19. The van der Waals surface area contributed by atoms with Crippen LogP contribution in [0.15, 0.2) is 60.8 Å². The number of carbonyl (C=O) groups is 2. The lowest BCUT2D eigenvalue weighted by molar-refractivity contribution is 0.0526. The van der Waals surface area contributed by atoms with E-state index in [2.05, 4.69) is 10.3 Å². The van der Waals surface area contributed by atoms with E-state index in [0.717, 1.165) is 6.07 Å². The maximum Gasteiger partial charge on any atom is 0.338 e. The number of nitrogens with zero attached hydrogens (tertiary/aromatic N) is 1. The van der Waals surface area contributed by atoms with Gasteiger partial charge in [-0.2, -0.15) is 0 Å². The minimum Gasteiger partial charge on any atom is -0.462 e. The lowest BCUT2D eigenvalue weighted by Crippen LogP contribution is -2.12. The van der Waals surface area contributed by atoms with Crippen molar-refractivity contribution in [3.8, 4) is 11.3 Å². The molecule has 28 heavy (non-hydrogen) atoms. The Morgan fingerprint density at radius 2 is 1.82 bits per heavy atom. The lowest BCUT2D eigenvalue weighted by atomic mass is 10.1. The molecule has 0 saturated heterocycles. The first kappa shape index (κ1) is 19.5. The fourth-order valence-electron chi connectivity index (χ4n) is 2.54. The van der Waals surface area contributed by atoms with Crippen molar-refractivity contribution in [3.63, 3.8) is 0 Å². The van der Waals surface area contributed by atoms with E-state index in [4.69, 9.17) is 16.3 Å². The van der Waals surface area contributed by atoms with E-state index in [1.165, 1.54) is 18.3 Å². The molecule has 0 aliphatic rings. The summed E-state index contributed by atoms with van der Waals surface area (Å²) in [7, 11) is 0. The predicted octanol–water partition coefficient (Wildman–Crippen LogP) is 4.97. The molecule has 0 atom stereocenters. The molecule has 2 aromatic carbocycles. The predicted molar refractivity (Wildman–Crippen MR) is 105 cm³/mol. The number of benzene rings is 2. The second kappa shape index (κ2) is 8.63. The van der Waals surface area contributed by atoms with Gasteiger partial charge in [-0.3, -0.25) is 9.78 Å². The highest BCUT2D eigenvalue weighted by Gasteiger charge is 2.14. The van der Waals surface area contributed by atoms with Gasteiger partial charge in [0.25, 0.3) is 5.91 Å². The second-order valence-electron chi connectivity index (χ2n) is 5.78. The summed E-state index contributed by atoms with van der Waals surface area (Å²) in [6.07, 6.45) is 1.52. The van der Waals surface area contributed by atoms with Crippen LogP contribution in [-0.4, -0.2) is 23.5 Å². The molecule has 0 aliphatic heterocycles. The van der Waals surface area contributed by atoms with E-state index in [9.17, 15) is 14.0 Å². The molecule has 142 valence electrons. The van der Waals surface area contributed by atoms with Gasteiger partial charge in [-0.25, -0.2) is 9.18 Å². The SMILES string of the molecule is CCOC(=O)c1ccc(NC(=O)c2ccc(-c3ncccc3Cl)c(F)c2)cc1. The van der Waals surface area contributed by atoms with Crippen LogP contribution < -0.4 is 5.32 Å². The first-order valence-corrected chi connectivity index (χ1v) is 8.86. The number of hydrogen-bond acceptors (Lipinski definition) is 4. The molecule has 0 aliphatic carbocycles. The van der Waals surface area contributed by atoms with Gasteiger partial charge < -0.3 is 10.1 Å². The summed E-state index contributed by atoms with van der Waals surface area (Å²) in [5, 5.41) is 2.97. The van der Waals surface area contributed by atoms with Gasteiger partial charge in [0.2, 0.25) is 0 Å². The van der Waals surface area contributed by atoms with Crippen LogP contribution in [0.25, 0.3) is 11.3 Å². The van der Waals surface area contributed by atoms with E-state index in [1.807, 2.05) is 0 Å². The fourth-order valence-corrected chi connectivity index (χ4v) is 2.76. The van der Waals surface area contributed by atoms with Crippen molar-refractivity contribution < 1.29 is 18.7 Å². The molecule has 1 aromatic heterocycles. The molecular formula is C21H16ClFN2O3. The molecular weight excluding hydrogens is 383 g/mol. The minimum absolute atomic E-state index is 0.141. The molecule has 1 N–H and O–H groups in total. The van der Waals surface area contributed by atoms with Gasteiger partial charge in [-0.1, -0.05) is 11.6 Å². The van der Waals surface area contributed by atoms with Gasteiger partial charge in [0, 0.05) is 23.0 Å². The molecule has 0 fully saturated rings. The highest BCUT2D eigenvalue weighted by atomic mass is 35.5. The van der Waals surface area contributed by atoms with E-state index in [0.29, 0.717) is 22.0 Å².